The molecule has 0 saturated heterocycles. The summed E-state index contributed by atoms with van der Waals surface area (Å²) in [6.45, 7) is 0. The zero-order valence-electron chi connectivity index (χ0n) is 11.0. The summed E-state index contributed by atoms with van der Waals surface area (Å²) < 4.78 is 0. The van der Waals surface area contributed by atoms with E-state index in [1.165, 1.54) is 4.90 Å². The first-order valence-electron chi connectivity index (χ1n) is 6.19. The Morgan fingerprint density at radius 3 is 2.60 bits per heavy atom. The maximum atomic E-state index is 6.03. The standard InChI is InChI=1S/C15H14N4S/c1-20-12-5-3-2-4-11(12)14-13(15(16)19-18-14)10-6-8-17-9-7-10/h2-9H,1H3,(H3,16,18,19). The van der Waals surface area contributed by atoms with Gasteiger partial charge in [0.1, 0.15) is 0 Å². The number of nitrogens with two attached hydrogens (primary N) is 1. The maximum Gasteiger partial charge on any atom is 0.153 e. The van der Waals surface area contributed by atoms with Gasteiger partial charge in [-0.05, 0) is 30.0 Å². The van der Waals surface area contributed by atoms with Crippen molar-refractivity contribution < 1.29 is 0 Å². The first-order chi connectivity index (χ1) is 9.81. The Bertz CT molecular complexity index is 722. The van der Waals surface area contributed by atoms with Crippen molar-refractivity contribution in [1.29, 1.82) is 0 Å². The summed E-state index contributed by atoms with van der Waals surface area (Å²) in [6, 6.07) is 12.1. The van der Waals surface area contributed by atoms with Gasteiger partial charge in [-0.1, -0.05) is 18.2 Å². The number of hydrogen-bond donors (Lipinski definition) is 2. The van der Waals surface area contributed by atoms with Gasteiger partial charge in [0.15, 0.2) is 5.82 Å². The van der Waals surface area contributed by atoms with E-state index in [4.69, 9.17) is 5.73 Å². The Labute approximate surface area is 121 Å². The minimum atomic E-state index is 0.502. The van der Waals surface area contributed by atoms with E-state index in [9.17, 15) is 0 Å². The molecule has 0 atom stereocenters. The van der Waals surface area contributed by atoms with Gasteiger partial charge < -0.3 is 5.73 Å². The fourth-order valence-corrected chi connectivity index (χ4v) is 2.82. The zero-order chi connectivity index (χ0) is 13.9. The van der Waals surface area contributed by atoms with Crippen LogP contribution in [0.1, 0.15) is 0 Å². The number of H-pyrrole nitrogens is 1. The highest BCUT2D eigenvalue weighted by molar-refractivity contribution is 7.98. The summed E-state index contributed by atoms with van der Waals surface area (Å²) in [4.78, 5) is 5.23. The topological polar surface area (TPSA) is 67.6 Å². The van der Waals surface area contributed by atoms with Crippen molar-refractivity contribution >= 4 is 17.6 Å². The summed E-state index contributed by atoms with van der Waals surface area (Å²) in [7, 11) is 0. The molecule has 0 bridgehead atoms. The molecule has 5 heteroatoms. The molecule has 0 radical (unpaired) electrons. The number of benzene rings is 1. The third-order valence-electron chi connectivity index (χ3n) is 3.14. The largest absolute Gasteiger partial charge is 0.382 e. The molecular formula is C15H14N4S. The van der Waals surface area contributed by atoms with Gasteiger partial charge in [0, 0.05) is 22.9 Å². The molecule has 0 unspecified atom stereocenters. The SMILES string of the molecule is CSc1ccccc1-c1[nH]nc(N)c1-c1ccncc1. The molecule has 3 rings (SSSR count). The third kappa shape index (κ3) is 2.16. The average Bonchev–Trinajstić information content (AvgIpc) is 2.89. The summed E-state index contributed by atoms with van der Waals surface area (Å²) >= 11 is 1.70. The third-order valence-corrected chi connectivity index (χ3v) is 3.94. The van der Waals surface area contributed by atoms with Crippen molar-refractivity contribution in [3.05, 3.63) is 48.8 Å². The van der Waals surface area contributed by atoms with Crippen LogP contribution in [0.25, 0.3) is 22.4 Å². The first-order valence-corrected chi connectivity index (χ1v) is 7.41. The quantitative estimate of drug-likeness (QED) is 0.722. The second kappa shape index (κ2) is 5.38. The van der Waals surface area contributed by atoms with E-state index in [2.05, 4.69) is 33.6 Å². The fourth-order valence-electron chi connectivity index (χ4n) is 2.21. The van der Waals surface area contributed by atoms with Gasteiger partial charge in [0.05, 0.1) is 11.3 Å². The lowest BCUT2D eigenvalue weighted by molar-refractivity contribution is 1.10. The number of thioether (sulfide) groups is 1. The van der Waals surface area contributed by atoms with Gasteiger partial charge >= 0.3 is 0 Å². The number of anilines is 1. The lowest BCUT2D eigenvalue weighted by atomic mass is 10.0. The van der Waals surface area contributed by atoms with Gasteiger partial charge in [0.2, 0.25) is 0 Å². The molecule has 0 aliphatic heterocycles. The molecule has 2 aromatic heterocycles. The second-order valence-electron chi connectivity index (χ2n) is 4.30. The molecule has 0 spiro atoms. The Balaban J connectivity index is 2.22. The van der Waals surface area contributed by atoms with Crippen LogP contribution in [-0.4, -0.2) is 21.4 Å². The molecule has 3 N–H and O–H groups in total. The van der Waals surface area contributed by atoms with Crippen LogP contribution >= 0.6 is 11.8 Å². The van der Waals surface area contributed by atoms with Crippen LogP contribution in [-0.2, 0) is 0 Å². The number of pyridine rings is 1. The maximum absolute atomic E-state index is 6.03. The van der Waals surface area contributed by atoms with Crippen molar-refractivity contribution in [1.82, 2.24) is 15.2 Å². The molecule has 0 saturated carbocycles. The Kier molecular flexibility index (Phi) is 3.43. The van der Waals surface area contributed by atoms with Crippen LogP contribution in [0.4, 0.5) is 5.82 Å². The van der Waals surface area contributed by atoms with Crippen LogP contribution in [0, 0.1) is 0 Å². The lowest BCUT2D eigenvalue weighted by Crippen LogP contribution is -1.89. The molecular weight excluding hydrogens is 268 g/mol. The molecule has 100 valence electrons. The van der Waals surface area contributed by atoms with E-state index in [0.29, 0.717) is 5.82 Å². The summed E-state index contributed by atoms with van der Waals surface area (Å²) in [5.74, 6) is 0.502. The highest BCUT2D eigenvalue weighted by Crippen LogP contribution is 2.38. The van der Waals surface area contributed by atoms with E-state index in [-0.39, 0.29) is 0 Å². The van der Waals surface area contributed by atoms with Crippen LogP contribution in [0.5, 0.6) is 0 Å². The molecule has 0 amide bonds. The lowest BCUT2D eigenvalue weighted by Gasteiger charge is -2.08. The van der Waals surface area contributed by atoms with Gasteiger partial charge in [-0.2, -0.15) is 5.10 Å². The molecule has 4 nitrogen and oxygen atoms in total. The van der Waals surface area contributed by atoms with Crippen molar-refractivity contribution in [2.24, 2.45) is 0 Å². The minimum Gasteiger partial charge on any atom is -0.382 e. The van der Waals surface area contributed by atoms with Crippen LogP contribution < -0.4 is 5.73 Å². The van der Waals surface area contributed by atoms with E-state index in [0.717, 1.165) is 22.4 Å². The molecule has 1 aromatic carbocycles. The Morgan fingerprint density at radius 2 is 1.85 bits per heavy atom. The monoisotopic (exact) mass is 282 g/mol. The van der Waals surface area contributed by atoms with Crippen LogP contribution in [0.2, 0.25) is 0 Å². The number of rotatable bonds is 3. The predicted octanol–water partition coefficient (Wildman–Crippen LogP) is 3.44. The smallest absolute Gasteiger partial charge is 0.153 e. The van der Waals surface area contributed by atoms with Crippen LogP contribution in [0.3, 0.4) is 0 Å². The summed E-state index contributed by atoms with van der Waals surface area (Å²) in [6.07, 6.45) is 5.57. The Morgan fingerprint density at radius 1 is 1.10 bits per heavy atom. The van der Waals surface area contributed by atoms with Gasteiger partial charge in [-0.25, -0.2) is 0 Å². The van der Waals surface area contributed by atoms with E-state index >= 15 is 0 Å². The Hall–Kier alpha value is -2.27. The highest BCUT2D eigenvalue weighted by atomic mass is 32.2. The average molecular weight is 282 g/mol. The van der Waals surface area contributed by atoms with Crippen molar-refractivity contribution in [3.63, 3.8) is 0 Å². The number of aromatic amines is 1. The second-order valence-corrected chi connectivity index (χ2v) is 5.14. The number of nitrogens with one attached hydrogen (secondary N) is 1. The molecule has 2 heterocycles. The summed E-state index contributed by atoms with van der Waals surface area (Å²) in [5.41, 5.74) is 10.0. The molecule has 0 aliphatic carbocycles. The summed E-state index contributed by atoms with van der Waals surface area (Å²) in [5, 5.41) is 7.22. The number of nitrogens with zero attached hydrogens (tertiary/aromatic N) is 2. The molecule has 0 aliphatic rings. The molecule has 20 heavy (non-hydrogen) atoms. The number of nitrogen functional groups attached to an aromatic ring is 1. The molecule has 3 aromatic rings. The first kappa shape index (κ1) is 12.7. The van der Waals surface area contributed by atoms with Gasteiger partial charge in [-0.3, -0.25) is 10.1 Å². The van der Waals surface area contributed by atoms with E-state index in [1.807, 2.05) is 24.3 Å². The number of hydrogen-bond acceptors (Lipinski definition) is 4. The van der Waals surface area contributed by atoms with Gasteiger partial charge in [-0.15, -0.1) is 11.8 Å². The normalized spacial score (nSPS) is 10.7. The van der Waals surface area contributed by atoms with Crippen LogP contribution in [0.15, 0.2) is 53.7 Å². The number of aromatic nitrogens is 3. The highest BCUT2D eigenvalue weighted by Gasteiger charge is 2.16. The van der Waals surface area contributed by atoms with Crippen molar-refractivity contribution in [3.8, 4) is 22.4 Å². The van der Waals surface area contributed by atoms with E-state index < -0.39 is 0 Å². The van der Waals surface area contributed by atoms with E-state index in [1.54, 1.807) is 24.2 Å². The zero-order valence-corrected chi connectivity index (χ0v) is 11.8. The van der Waals surface area contributed by atoms with Crippen molar-refractivity contribution in [2.45, 2.75) is 4.90 Å². The fraction of sp³-hybridized carbons (Fsp3) is 0.0667. The molecule has 0 fully saturated rings. The predicted molar refractivity (Wildman–Crippen MR) is 83.4 cm³/mol. The van der Waals surface area contributed by atoms with Gasteiger partial charge in [0.25, 0.3) is 0 Å². The minimum absolute atomic E-state index is 0.502. The van der Waals surface area contributed by atoms with Crippen molar-refractivity contribution in [2.75, 3.05) is 12.0 Å².